The lowest BCUT2D eigenvalue weighted by atomic mass is 10.1. The summed E-state index contributed by atoms with van der Waals surface area (Å²) in [5.41, 5.74) is 1.52. The third-order valence-electron chi connectivity index (χ3n) is 2.45. The summed E-state index contributed by atoms with van der Waals surface area (Å²) in [7, 11) is 0. The molecule has 1 aromatic carbocycles. The van der Waals surface area contributed by atoms with Crippen molar-refractivity contribution in [2.75, 3.05) is 18.4 Å². The van der Waals surface area contributed by atoms with E-state index >= 15 is 0 Å². The Bertz CT molecular complexity index is 381. The highest BCUT2D eigenvalue weighted by atomic mass is 79.9. The number of amides is 1. The highest BCUT2D eigenvalue weighted by Gasteiger charge is 2.17. The van der Waals surface area contributed by atoms with Crippen molar-refractivity contribution in [2.45, 2.75) is 13.8 Å². The Balaban J connectivity index is 2.99. The number of carbonyl (C=O) groups excluding carboxylic acids is 1. The molecule has 1 aromatic rings. The highest BCUT2D eigenvalue weighted by molar-refractivity contribution is 9.09. The normalized spacial score (nSPS) is 10.2. The molecule has 0 aromatic heterocycles. The molecule has 0 heterocycles. The summed E-state index contributed by atoms with van der Waals surface area (Å²) in [6.07, 6.45) is 0. The molecule has 0 N–H and O–H groups in total. The first-order valence-corrected chi connectivity index (χ1v) is 6.72. The first-order valence-electron chi connectivity index (χ1n) is 5.22. The summed E-state index contributed by atoms with van der Waals surface area (Å²) in [6, 6.07) is 5.53. The molecule has 0 bridgehead atoms. The molecular formula is C12H15BrClNO. The molecular weight excluding hydrogens is 289 g/mol. The fourth-order valence-electron chi connectivity index (χ4n) is 1.49. The van der Waals surface area contributed by atoms with Crippen molar-refractivity contribution in [3.63, 3.8) is 0 Å². The van der Waals surface area contributed by atoms with Crippen LogP contribution in [0.3, 0.4) is 0 Å². The van der Waals surface area contributed by atoms with Crippen LogP contribution >= 0.6 is 27.5 Å². The highest BCUT2D eigenvalue weighted by Crippen LogP contribution is 2.21. The van der Waals surface area contributed by atoms with Crippen LogP contribution in [0.4, 0.5) is 0 Å². The summed E-state index contributed by atoms with van der Waals surface area (Å²) in [4.78, 5) is 13.9. The average Bonchev–Trinajstić information content (AvgIpc) is 2.29. The molecule has 0 aliphatic rings. The Morgan fingerprint density at radius 1 is 1.50 bits per heavy atom. The van der Waals surface area contributed by atoms with Crippen LogP contribution in [0.1, 0.15) is 22.8 Å². The van der Waals surface area contributed by atoms with Crippen LogP contribution in [-0.4, -0.2) is 29.2 Å². The molecule has 0 saturated carbocycles. The SMILES string of the molecule is CCN(CCBr)C(=O)c1cccc(C)c1Cl. The van der Waals surface area contributed by atoms with E-state index in [9.17, 15) is 4.79 Å². The third-order valence-corrected chi connectivity index (χ3v) is 3.30. The summed E-state index contributed by atoms with van der Waals surface area (Å²) in [6.45, 7) is 5.25. The van der Waals surface area contributed by atoms with E-state index in [-0.39, 0.29) is 5.91 Å². The largest absolute Gasteiger partial charge is 0.338 e. The van der Waals surface area contributed by atoms with Crippen molar-refractivity contribution >= 4 is 33.4 Å². The summed E-state index contributed by atoms with van der Waals surface area (Å²) >= 11 is 9.47. The van der Waals surface area contributed by atoms with Gasteiger partial charge in [0.2, 0.25) is 0 Å². The maximum Gasteiger partial charge on any atom is 0.255 e. The lowest BCUT2D eigenvalue weighted by molar-refractivity contribution is 0.0775. The summed E-state index contributed by atoms with van der Waals surface area (Å²) in [5.74, 6) is -0.00403. The maximum atomic E-state index is 12.2. The fraction of sp³-hybridized carbons (Fsp3) is 0.417. The van der Waals surface area contributed by atoms with Crippen LogP contribution in [-0.2, 0) is 0 Å². The summed E-state index contributed by atoms with van der Waals surface area (Å²) in [5, 5.41) is 1.33. The van der Waals surface area contributed by atoms with Gasteiger partial charge in [-0.25, -0.2) is 0 Å². The van der Waals surface area contributed by atoms with Crippen molar-refractivity contribution in [1.29, 1.82) is 0 Å². The molecule has 0 spiro atoms. The quantitative estimate of drug-likeness (QED) is 0.780. The number of hydrogen-bond donors (Lipinski definition) is 0. The fourth-order valence-corrected chi connectivity index (χ4v) is 2.12. The Morgan fingerprint density at radius 2 is 2.19 bits per heavy atom. The smallest absolute Gasteiger partial charge is 0.255 e. The monoisotopic (exact) mass is 303 g/mol. The number of benzene rings is 1. The van der Waals surface area contributed by atoms with E-state index < -0.39 is 0 Å². The Kier molecular flexibility index (Phi) is 5.29. The molecule has 0 fully saturated rings. The minimum absolute atomic E-state index is 0.00403. The van der Waals surface area contributed by atoms with Gasteiger partial charge in [-0.2, -0.15) is 0 Å². The van der Waals surface area contributed by atoms with Crippen LogP contribution in [0.2, 0.25) is 5.02 Å². The number of alkyl halides is 1. The number of rotatable bonds is 4. The van der Waals surface area contributed by atoms with Gasteiger partial charge in [0.05, 0.1) is 10.6 Å². The molecule has 88 valence electrons. The predicted octanol–water partition coefficient (Wildman–Crippen LogP) is 3.51. The molecule has 16 heavy (non-hydrogen) atoms. The first-order chi connectivity index (χ1) is 7.61. The molecule has 0 aliphatic heterocycles. The second-order valence-electron chi connectivity index (χ2n) is 3.51. The zero-order chi connectivity index (χ0) is 12.1. The van der Waals surface area contributed by atoms with Crippen LogP contribution in [0.5, 0.6) is 0 Å². The van der Waals surface area contributed by atoms with Gasteiger partial charge in [0.1, 0.15) is 0 Å². The lowest BCUT2D eigenvalue weighted by Crippen LogP contribution is -2.32. The van der Waals surface area contributed by atoms with E-state index in [1.165, 1.54) is 0 Å². The van der Waals surface area contributed by atoms with Crippen molar-refractivity contribution < 1.29 is 4.79 Å². The predicted molar refractivity (Wildman–Crippen MR) is 71.6 cm³/mol. The number of halogens is 2. The van der Waals surface area contributed by atoms with E-state index in [0.717, 1.165) is 10.9 Å². The molecule has 2 nitrogen and oxygen atoms in total. The van der Waals surface area contributed by atoms with Crippen molar-refractivity contribution in [2.24, 2.45) is 0 Å². The summed E-state index contributed by atoms with van der Waals surface area (Å²) < 4.78 is 0. The Labute approximate surface area is 110 Å². The molecule has 0 saturated heterocycles. The number of carbonyl (C=O) groups is 1. The number of aryl methyl sites for hydroxylation is 1. The van der Waals surface area contributed by atoms with E-state index in [2.05, 4.69) is 15.9 Å². The number of nitrogens with zero attached hydrogens (tertiary/aromatic N) is 1. The topological polar surface area (TPSA) is 20.3 Å². The minimum atomic E-state index is -0.00403. The van der Waals surface area contributed by atoms with E-state index in [1.807, 2.05) is 26.0 Å². The van der Waals surface area contributed by atoms with E-state index in [0.29, 0.717) is 23.7 Å². The average molecular weight is 305 g/mol. The van der Waals surface area contributed by atoms with Crippen LogP contribution in [0.25, 0.3) is 0 Å². The van der Waals surface area contributed by atoms with Gasteiger partial charge in [0.25, 0.3) is 5.91 Å². The second kappa shape index (κ2) is 6.26. The first kappa shape index (κ1) is 13.5. The molecule has 4 heteroatoms. The molecule has 0 atom stereocenters. The van der Waals surface area contributed by atoms with Gasteiger partial charge in [-0.1, -0.05) is 39.7 Å². The van der Waals surface area contributed by atoms with Gasteiger partial charge in [-0.15, -0.1) is 0 Å². The standard InChI is InChI=1S/C12H15BrClNO/c1-3-15(8-7-13)12(16)10-6-4-5-9(2)11(10)14/h4-6H,3,7-8H2,1-2H3. The van der Waals surface area contributed by atoms with Crippen LogP contribution in [0.15, 0.2) is 18.2 Å². The molecule has 0 unspecified atom stereocenters. The third kappa shape index (κ3) is 2.98. The van der Waals surface area contributed by atoms with Crippen LogP contribution < -0.4 is 0 Å². The zero-order valence-corrected chi connectivity index (χ0v) is 11.8. The zero-order valence-electron chi connectivity index (χ0n) is 9.46. The van der Waals surface area contributed by atoms with Gasteiger partial charge in [-0.3, -0.25) is 4.79 Å². The number of hydrogen-bond acceptors (Lipinski definition) is 1. The Hall–Kier alpha value is -0.540. The lowest BCUT2D eigenvalue weighted by Gasteiger charge is -2.20. The molecule has 0 aliphatic carbocycles. The van der Waals surface area contributed by atoms with E-state index in [1.54, 1.807) is 11.0 Å². The van der Waals surface area contributed by atoms with Gasteiger partial charge >= 0.3 is 0 Å². The minimum Gasteiger partial charge on any atom is -0.338 e. The Morgan fingerprint density at radius 3 is 2.75 bits per heavy atom. The van der Waals surface area contributed by atoms with Gasteiger partial charge < -0.3 is 4.90 Å². The van der Waals surface area contributed by atoms with Gasteiger partial charge in [0.15, 0.2) is 0 Å². The second-order valence-corrected chi connectivity index (χ2v) is 4.68. The molecule has 0 radical (unpaired) electrons. The van der Waals surface area contributed by atoms with Gasteiger partial charge in [0, 0.05) is 18.4 Å². The van der Waals surface area contributed by atoms with Gasteiger partial charge in [-0.05, 0) is 25.5 Å². The maximum absolute atomic E-state index is 12.2. The van der Waals surface area contributed by atoms with Crippen LogP contribution in [0, 0.1) is 6.92 Å². The molecule has 1 rings (SSSR count). The van der Waals surface area contributed by atoms with Crippen molar-refractivity contribution in [3.8, 4) is 0 Å². The molecule has 1 amide bonds. The van der Waals surface area contributed by atoms with E-state index in [4.69, 9.17) is 11.6 Å². The van der Waals surface area contributed by atoms with Crippen molar-refractivity contribution in [1.82, 2.24) is 4.90 Å². The van der Waals surface area contributed by atoms with Crippen molar-refractivity contribution in [3.05, 3.63) is 34.3 Å².